The summed E-state index contributed by atoms with van der Waals surface area (Å²) >= 11 is 0. The lowest BCUT2D eigenvalue weighted by Crippen LogP contribution is -2.17. The Morgan fingerprint density at radius 3 is 2.14 bits per heavy atom. The normalized spacial score (nSPS) is 36.2. The fourth-order valence-electron chi connectivity index (χ4n) is 3.03. The molecule has 0 heterocycles. The van der Waals surface area contributed by atoms with Crippen LogP contribution >= 0.6 is 0 Å². The molecule has 84 valence electrons. The van der Waals surface area contributed by atoms with Gasteiger partial charge in [-0.05, 0) is 36.6 Å². The molecule has 2 aliphatic carbocycles. The lowest BCUT2D eigenvalue weighted by Gasteiger charge is -2.27. The van der Waals surface area contributed by atoms with Crippen molar-refractivity contribution in [1.82, 2.24) is 0 Å². The standard InChI is InChI=1S/C10H18.C3H9N/c1-8-6-7-9-4-2-3-5-10(8)9;1-3(2)4/h8-10H,2-7H2,1H3;3H,4H2,1-2H3. The zero-order valence-electron chi connectivity index (χ0n) is 10.1. The molecule has 2 rings (SSSR count). The van der Waals surface area contributed by atoms with Gasteiger partial charge in [0.15, 0.2) is 0 Å². The molecule has 3 unspecified atom stereocenters. The molecule has 0 spiro atoms. The summed E-state index contributed by atoms with van der Waals surface area (Å²) < 4.78 is 0. The summed E-state index contributed by atoms with van der Waals surface area (Å²) in [5, 5.41) is 0. The fraction of sp³-hybridized carbons (Fsp3) is 1.00. The number of nitrogens with two attached hydrogens (primary N) is 1. The third kappa shape index (κ3) is 3.61. The first-order valence-electron chi connectivity index (χ1n) is 6.37. The van der Waals surface area contributed by atoms with Gasteiger partial charge in [0.05, 0.1) is 0 Å². The van der Waals surface area contributed by atoms with Crippen LogP contribution in [0.1, 0.15) is 59.3 Å². The van der Waals surface area contributed by atoms with E-state index in [2.05, 4.69) is 6.92 Å². The molecule has 0 aromatic carbocycles. The molecule has 2 saturated carbocycles. The van der Waals surface area contributed by atoms with E-state index in [9.17, 15) is 0 Å². The number of hydrogen-bond donors (Lipinski definition) is 1. The largest absolute Gasteiger partial charge is 0.328 e. The van der Waals surface area contributed by atoms with Crippen molar-refractivity contribution in [2.24, 2.45) is 23.5 Å². The molecule has 0 amide bonds. The Bertz CT molecular complexity index is 149. The van der Waals surface area contributed by atoms with Gasteiger partial charge in [0.25, 0.3) is 0 Å². The van der Waals surface area contributed by atoms with Gasteiger partial charge < -0.3 is 5.73 Å². The third-order valence-corrected chi connectivity index (χ3v) is 3.69. The average molecular weight is 197 g/mol. The summed E-state index contributed by atoms with van der Waals surface area (Å²) in [6, 6.07) is 0.333. The van der Waals surface area contributed by atoms with Crippen LogP contribution in [-0.2, 0) is 0 Å². The zero-order chi connectivity index (χ0) is 10.6. The summed E-state index contributed by atoms with van der Waals surface area (Å²) in [5.41, 5.74) is 5.11. The van der Waals surface area contributed by atoms with Crippen molar-refractivity contribution >= 4 is 0 Å². The first-order chi connectivity index (χ1) is 6.61. The molecule has 1 heteroatoms. The summed E-state index contributed by atoms with van der Waals surface area (Å²) in [6.45, 7) is 6.34. The van der Waals surface area contributed by atoms with E-state index in [-0.39, 0.29) is 0 Å². The summed E-state index contributed by atoms with van der Waals surface area (Å²) in [5.74, 6) is 3.34. The maximum absolute atomic E-state index is 5.11. The minimum absolute atomic E-state index is 0.333. The van der Waals surface area contributed by atoms with E-state index in [1.165, 1.54) is 19.3 Å². The van der Waals surface area contributed by atoms with Crippen LogP contribution in [0.3, 0.4) is 0 Å². The molecule has 2 aliphatic rings. The van der Waals surface area contributed by atoms with Crippen LogP contribution in [0.5, 0.6) is 0 Å². The highest BCUT2D eigenvalue weighted by Crippen LogP contribution is 2.45. The minimum atomic E-state index is 0.333. The van der Waals surface area contributed by atoms with E-state index in [0.29, 0.717) is 6.04 Å². The maximum Gasteiger partial charge on any atom is -0.00179 e. The van der Waals surface area contributed by atoms with Crippen LogP contribution in [-0.4, -0.2) is 6.04 Å². The molecule has 0 radical (unpaired) electrons. The van der Waals surface area contributed by atoms with Crippen LogP contribution in [0.25, 0.3) is 0 Å². The van der Waals surface area contributed by atoms with Crippen LogP contribution in [0.2, 0.25) is 0 Å². The van der Waals surface area contributed by atoms with Gasteiger partial charge in [0.1, 0.15) is 0 Å². The second kappa shape index (κ2) is 5.75. The van der Waals surface area contributed by atoms with Crippen molar-refractivity contribution in [2.75, 3.05) is 0 Å². The van der Waals surface area contributed by atoms with Gasteiger partial charge in [-0.3, -0.25) is 0 Å². The highest BCUT2D eigenvalue weighted by molar-refractivity contribution is 4.85. The molecule has 0 aromatic heterocycles. The van der Waals surface area contributed by atoms with Crippen molar-refractivity contribution in [3.8, 4) is 0 Å². The van der Waals surface area contributed by atoms with E-state index < -0.39 is 0 Å². The van der Waals surface area contributed by atoms with Crippen molar-refractivity contribution in [1.29, 1.82) is 0 Å². The molecule has 2 N–H and O–H groups in total. The predicted octanol–water partition coefficient (Wildman–Crippen LogP) is 3.58. The molecule has 0 bridgehead atoms. The van der Waals surface area contributed by atoms with E-state index >= 15 is 0 Å². The maximum atomic E-state index is 5.11. The quantitative estimate of drug-likeness (QED) is 0.631. The number of hydrogen-bond acceptors (Lipinski definition) is 1. The molecular formula is C13H27N. The fourth-order valence-corrected chi connectivity index (χ4v) is 3.03. The predicted molar refractivity (Wildman–Crippen MR) is 63.2 cm³/mol. The van der Waals surface area contributed by atoms with Crippen molar-refractivity contribution in [3.63, 3.8) is 0 Å². The van der Waals surface area contributed by atoms with Gasteiger partial charge in [-0.25, -0.2) is 0 Å². The highest BCUT2D eigenvalue weighted by Gasteiger charge is 2.34. The van der Waals surface area contributed by atoms with Crippen LogP contribution in [0, 0.1) is 17.8 Å². The van der Waals surface area contributed by atoms with Crippen LogP contribution in [0.4, 0.5) is 0 Å². The summed E-state index contributed by atoms with van der Waals surface area (Å²) in [7, 11) is 0. The van der Waals surface area contributed by atoms with Crippen LogP contribution in [0.15, 0.2) is 0 Å². The lowest BCUT2D eigenvalue weighted by atomic mass is 9.79. The Morgan fingerprint density at radius 1 is 1.00 bits per heavy atom. The average Bonchev–Trinajstić information content (AvgIpc) is 2.48. The molecule has 1 nitrogen and oxygen atoms in total. The zero-order valence-corrected chi connectivity index (χ0v) is 10.1. The van der Waals surface area contributed by atoms with Gasteiger partial charge >= 0.3 is 0 Å². The molecule has 0 aromatic rings. The SMILES string of the molecule is CC(C)N.CC1CCC2CCCCC12. The van der Waals surface area contributed by atoms with Crippen molar-refractivity contribution < 1.29 is 0 Å². The van der Waals surface area contributed by atoms with E-state index in [4.69, 9.17) is 5.73 Å². The van der Waals surface area contributed by atoms with E-state index in [0.717, 1.165) is 17.8 Å². The Balaban J connectivity index is 0.000000213. The van der Waals surface area contributed by atoms with E-state index in [1.54, 1.807) is 19.3 Å². The second-order valence-electron chi connectivity index (χ2n) is 5.51. The van der Waals surface area contributed by atoms with E-state index in [1.807, 2.05) is 13.8 Å². The Morgan fingerprint density at radius 2 is 1.57 bits per heavy atom. The summed E-state index contributed by atoms with van der Waals surface area (Å²) in [6.07, 6.45) is 9.21. The molecule has 0 aliphatic heterocycles. The molecular weight excluding hydrogens is 170 g/mol. The number of rotatable bonds is 0. The van der Waals surface area contributed by atoms with Gasteiger partial charge in [0.2, 0.25) is 0 Å². The van der Waals surface area contributed by atoms with Gasteiger partial charge in [-0.1, -0.05) is 46.5 Å². The second-order valence-corrected chi connectivity index (χ2v) is 5.51. The third-order valence-electron chi connectivity index (χ3n) is 3.69. The smallest absolute Gasteiger partial charge is 0.00179 e. The molecule has 3 atom stereocenters. The van der Waals surface area contributed by atoms with Gasteiger partial charge in [-0.2, -0.15) is 0 Å². The lowest BCUT2D eigenvalue weighted by molar-refractivity contribution is 0.238. The minimum Gasteiger partial charge on any atom is -0.328 e. The Labute approximate surface area is 89.5 Å². The van der Waals surface area contributed by atoms with Crippen molar-refractivity contribution in [3.05, 3.63) is 0 Å². The van der Waals surface area contributed by atoms with Crippen LogP contribution < -0.4 is 5.73 Å². The Hall–Kier alpha value is -0.0400. The van der Waals surface area contributed by atoms with Gasteiger partial charge in [-0.15, -0.1) is 0 Å². The molecule has 0 saturated heterocycles. The first-order valence-corrected chi connectivity index (χ1v) is 6.37. The molecule has 2 fully saturated rings. The topological polar surface area (TPSA) is 26.0 Å². The summed E-state index contributed by atoms with van der Waals surface area (Å²) in [4.78, 5) is 0. The monoisotopic (exact) mass is 197 g/mol. The first kappa shape index (κ1) is 12.0. The molecule has 14 heavy (non-hydrogen) atoms. The van der Waals surface area contributed by atoms with Gasteiger partial charge in [0, 0.05) is 0 Å². The highest BCUT2D eigenvalue weighted by atomic mass is 14.6. The number of fused-ring (bicyclic) bond motifs is 1. The van der Waals surface area contributed by atoms with Crippen molar-refractivity contribution in [2.45, 2.75) is 65.3 Å². The Kier molecular flexibility index (Phi) is 4.94.